The molecular formula is C18H21ClN2O4. The summed E-state index contributed by atoms with van der Waals surface area (Å²) in [5.74, 6) is 0.514. The molecule has 6 nitrogen and oxygen atoms in total. The van der Waals surface area contributed by atoms with E-state index in [1.165, 1.54) is 6.08 Å². The molecule has 0 saturated carbocycles. The molecule has 1 aromatic carbocycles. The van der Waals surface area contributed by atoms with Crippen molar-refractivity contribution in [2.45, 2.75) is 19.3 Å². The van der Waals surface area contributed by atoms with Gasteiger partial charge in [-0.1, -0.05) is 18.2 Å². The highest BCUT2D eigenvalue weighted by molar-refractivity contribution is 6.32. The van der Waals surface area contributed by atoms with Gasteiger partial charge in [-0.15, -0.1) is 0 Å². The van der Waals surface area contributed by atoms with E-state index >= 15 is 0 Å². The van der Waals surface area contributed by atoms with Gasteiger partial charge in [-0.05, 0) is 25.0 Å². The van der Waals surface area contributed by atoms with Gasteiger partial charge in [0.1, 0.15) is 0 Å². The summed E-state index contributed by atoms with van der Waals surface area (Å²) in [5, 5.41) is 3.28. The average Bonchev–Trinajstić information content (AvgIpc) is 2.87. The zero-order valence-electron chi connectivity index (χ0n) is 13.9. The number of nitrogens with one attached hydrogen (secondary N) is 1. The third-order valence-corrected chi connectivity index (χ3v) is 4.63. The highest BCUT2D eigenvalue weighted by Gasteiger charge is 2.28. The number of anilines is 1. The summed E-state index contributed by atoms with van der Waals surface area (Å²) in [5.41, 5.74) is 0.562. The summed E-state index contributed by atoms with van der Waals surface area (Å²) in [6, 6.07) is 3.38. The smallest absolute Gasteiger partial charge is 0.245 e. The molecule has 1 aromatic rings. The van der Waals surface area contributed by atoms with E-state index in [1.54, 1.807) is 17.0 Å². The minimum atomic E-state index is -0.257. The van der Waals surface area contributed by atoms with Gasteiger partial charge in [0.25, 0.3) is 0 Å². The van der Waals surface area contributed by atoms with E-state index in [9.17, 15) is 9.59 Å². The lowest BCUT2D eigenvalue weighted by Gasteiger charge is -2.31. The zero-order chi connectivity index (χ0) is 17.8. The van der Waals surface area contributed by atoms with E-state index in [4.69, 9.17) is 21.1 Å². The van der Waals surface area contributed by atoms with Crippen LogP contribution in [0.1, 0.15) is 19.3 Å². The van der Waals surface area contributed by atoms with Gasteiger partial charge in [-0.3, -0.25) is 9.59 Å². The third kappa shape index (κ3) is 4.07. The summed E-state index contributed by atoms with van der Waals surface area (Å²) >= 11 is 6.25. The lowest BCUT2D eigenvalue weighted by atomic mass is 9.97. The van der Waals surface area contributed by atoms with Crippen LogP contribution in [0.3, 0.4) is 0 Å². The largest absolute Gasteiger partial charge is 0.489 e. The van der Waals surface area contributed by atoms with Gasteiger partial charge < -0.3 is 19.7 Å². The Hall–Kier alpha value is -2.21. The van der Waals surface area contributed by atoms with Crippen molar-refractivity contribution in [1.82, 2.24) is 4.90 Å². The quantitative estimate of drug-likeness (QED) is 0.837. The summed E-state index contributed by atoms with van der Waals surface area (Å²) in [6.07, 6.45) is 3.59. The second-order valence-electron chi connectivity index (χ2n) is 6.15. The number of amides is 2. The Kier molecular flexibility index (Phi) is 5.48. The summed E-state index contributed by atoms with van der Waals surface area (Å²) in [7, 11) is 0. The molecule has 2 heterocycles. The number of carbonyl (C=O) groups excluding carboxylic acids is 2. The van der Waals surface area contributed by atoms with Crippen LogP contribution in [0.25, 0.3) is 0 Å². The molecule has 134 valence electrons. The molecule has 0 aliphatic carbocycles. The van der Waals surface area contributed by atoms with Crippen molar-refractivity contribution >= 4 is 29.1 Å². The van der Waals surface area contributed by atoms with E-state index in [-0.39, 0.29) is 17.7 Å². The first-order valence-electron chi connectivity index (χ1n) is 8.40. The second kappa shape index (κ2) is 7.78. The summed E-state index contributed by atoms with van der Waals surface area (Å²) < 4.78 is 11.2. The van der Waals surface area contributed by atoms with Crippen molar-refractivity contribution in [3.05, 3.63) is 29.8 Å². The lowest BCUT2D eigenvalue weighted by molar-refractivity contribution is -0.130. The normalized spacial score (nSPS) is 19.7. The standard InChI is InChI=1S/C18H21ClN2O4/c1-2-16(22)21-6-3-5-12(11-21)18(23)20-13-9-14(19)17-15(10-13)24-7-4-8-25-17/h2,9-10,12H,1,3-8,11H2,(H,20,23). The van der Waals surface area contributed by atoms with Crippen LogP contribution in [-0.4, -0.2) is 43.0 Å². The first-order valence-corrected chi connectivity index (χ1v) is 8.77. The molecule has 0 aromatic heterocycles. The van der Waals surface area contributed by atoms with E-state index in [1.807, 2.05) is 0 Å². The van der Waals surface area contributed by atoms with Gasteiger partial charge in [0, 0.05) is 31.3 Å². The Morgan fingerprint density at radius 2 is 2.08 bits per heavy atom. The summed E-state index contributed by atoms with van der Waals surface area (Å²) in [4.78, 5) is 26.0. The van der Waals surface area contributed by atoms with Gasteiger partial charge >= 0.3 is 0 Å². The Balaban J connectivity index is 1.70. The fraction of sp³-hybridized carbons (Fsp3) is 0.444. The number of benzene rings is 1. The molecule has 1 N–H and O–H groups in total. The van der Waals surface area contributed by atoms with Crippen molar-refractivity contribution in [3.8, 4) is 11.5 Å². The average molecular weight is 365 g/mol. The molecule has 2 aliphatic heterocycles. The summed E-state index contributed by atoms with van der Waals surface area (Å²) in [6.45, 7) is 5.65. The predicted molar refractivity (Wildman–Crippen MR) is 95.2 cm³/mol. The van der Waals surface area contributed by atoms with Gasteiger partial charge in [0.05, 0.1) is 24.2 Å². The Bertz CT molecular complexity index is 692. The Morgan fingerprint density at radius 1 is 1.28 bits per heavy atom. The van der Waals surface area contributed by atoms with Crippen LogP contribution in [-0.2, 0) is 9.59 Å². The number of hydrogen-bond acceptors (Lipinski definition) is 4. The number of ether oxygens (including phenoxy) is 2. The molecular weight excluding hydrogens is 344 g/mol. The Morgan fingerprint density at radius 3 is 2.88 bits per heavy atom. The zero-order valence-corrected chi connectivity index (χ0v) is 14.7. The molecule has 1 fully saturated rings. The SMILES string of the molecule is C=CC(=O)N1CCCC(C(=O)Nc2cc(Cl)c3c(c2)OCCCO3)C1. The van der Waals surface area contributed by atoms with E-state index < -0.39 is 0 Å². The van der Waals surface area contributed by atoms with Crippen molar-refractivity contribution < 1.29 is 19.1 Å². The van der Waals surface area contributed by atoms with Crippen LogP contribution in [0.2, 0.25) is 5.02 Å². The van der Waals surface area contributed by atoms with Gasteiger partial charge in [0.15, 0.2) is 11.5 Å². The molecule has 2 amide bonds. The highest BCUT2D eigenvalue weighted by atomic mass is 35.5. The van der Waals surface area contributed by atoms with Crippen molar-refractivity contribution in [3.63, 3.8) is 0 Å². The maximum absolute atomic E-state index is 12.6. The number of hydrogen-bond donors (Lipinski definition) is 1. The van der Waals surface area contributed by atoms with Gasteiger partial charge in [-0.25, -0.2) is 0 Å². The number of likely N-dealkylation sites (tertiary alicyclic amines) is 1. The molecule has 0 spiro atoms. The molecule has 7 heteroatoms. The molecule has 0 bridgehead atoms. The monoisotopic (exact) mass is 364 g/mol. The van der Waals surface area contributed by atoms with E-state index in [0.717, 1.165) is 19.3 Å². The van der Waals surface area contributed by atoms with Gasteiger partial charge in [-0.2, -0.15) is 0 Å². The highest BCUT2D eigenvalue weighted by Crippen LogP contribution is 2.39. The van der Waals surface area contributed by atoms with E-state index in [2.05, 4.69) is 11.9 Å². The number of piperidine rings is 1. The molecule has 2 aliphatic rings. The van der Waals surface area contributed by atoms with Crippen molar-refractivity contribution in [1.29, 1.82) is 0 Å². The number of carbonyl (C=O) groups is 2. The molecule has 3 rings (SSSR count). The van der Waals surface area contributed by atoms with E-state index in [0.29, 0.717) is 48.5 Å². The van der Waals surface area contributed by atoms with Crippen LogP contribution in [0.4, 0.5) is 5.69 Å². The fourth-order valence-electron chi connectivity index (χ4n) is 3.07. The van der Waals surface area contributed by atoms with Crippen LogP contribution in [0.5, 0.6) is 11.5 Å². The number of fused-ring (bicyclic) bond motifs is 1. The van der Waals surface area contributed by atoms with Crippen molar-refractivity contribution in [2.75, 3.05) is 31.6 Å². The number of halogens is 1. The number of nitrogens with zero attached hydrogens (tertiary/aromatic N) is 1. The Labute approximate surface area is 151 Å². The van der Waals surface area contributed by atoms with Crippen molar-refractivity contribution in [2.24, 2.45) is 5.92 Å². The van der Waals surface area contributed by atoms with Crippen LogP contribution in [0, 0.1) is 5.92 Å². The van der Waals surface area contributed by atoms with Crippen LogP contribution >= 0.6 is 11.6 Å². The molecule has 1 atom stereocenters. The lowest BCUT2D eigenvalue weighted by Crippen LogP contribution is -2.43. The minimum absolute atomic E-state index is 0.132. The van der Waals surface area contributed by atoms with Crippen LogP contribution < -0.4 is 14.8 Å². The first-order chi connectivity index (χ1) is 12.1. The first kappa shape index (κ1) is 17.6. The molecule has 1 unspecified atom stereocenters. The molecule has 25 heavy (non-hydrogen) atoms. The fourth-order valence-corrected chi connectivity index (χ4v) is 3.33. The predicted octanol–water partition coefficient (Wildman–Crippen LogP) is 2.86. The molecule has 1 saturated heterocycles. The topological polar surface area (TPSA) is 67.9 Å². The number of rotatable bonds is 3. The maximum Gasteiger partial charge on any atom is 0.245 e. The third-order valence-electron chi connectivity index (χ3n) is 4.35. The maximum atomic E-state index is 12.6. The van der Waals surface area contributed by atoms with Gasteiger partial charge in [0.2, 0.25) is 11.8 Å². The second-order valence-corrected chi connectivity index (χ2v) is 6.56. The van der Waals surface area contributed by atoms with Crippen LogP contribution in [0.15, 0.2) is 24.8 Å². The minimum Gasteiger partial charge on any atom is -0.489 e. The molecule has 0 radical (unpaired) electrons.